The van der Waals surface area contributed by atoms with Crippen LogP contribution in [0.1, 0.15) is 31.4 Å². The maximum Gasteiger partial charge on any atom is 0.128 e. The average Bonchev–Trinajstić information content (AvgIpc) is 3.15. The van der Waals surface area contributed by atoms with Crippen molar-refractivity contribution in [3.8, 4) is 0 Å². The molecule has 4 heteroatoms. The van der Waals surface area contributed by atoms with Gasteiger partial charge in [0.05, 0.1) is 6.61 Å². The Balaban J connectivity index is 2.05. The molecule has 1 aromatic rings. The summed E-state index contributed by atoms with van der Waals surface area (Å²) in [5.41, 5.74) is 0.372. The summed E-state index contributed by atoms with van der Waals surface area (Å²) in [6.07, 6.45) is 2.36. The van der Waals surface area contributed by atoms with Crippen molar-refractivity contribution in [3.05, 3.63) is 35.4 Å². The highest BCUT2D eigenvalue weighted by molar-refractivity contribution is 5.22. The quantitative estimate of drug-likeness (QED) is 0.843. The molecule has 18 heavy (non-hydrogen) atoms. The molecule has 1 aliphatic rings. The summed E-state index contributed by atoms with van der Waals surface area (Å²) in [5.74, 6) is -0.179. The predicted octanol–water partition coefficient (Wildman–Crippen LogP) is 3.04. The summed E-state index contributed by atoms with van der Waals surface area (Å²) in [6, 6.07) is 3.56. The number of hydrogen-bond acceptors (Lipinski definition) is 2. The monoisotopic (exact) mass is 255 g/mol. The molecule has 1 N–H and O–H groups in total. The number of halogens is 2. The molecule has 0 saturated heterocycles. The molecule has 0 heterocycles. The van der Waals surface area contributed by atoms with E-state index in [1.807, 2.05) is 6.92 Å². The lowest BCUT2D eigenvalue weighted by molar-refractivity contribution is 0.152. The van der Waals surface area contributed by atoms with E-state index in [1.54, 1.807) is 7.11 Å². The molecule has 0 aliphatic heterocycles. The first-order valence-corrected chi connectivity index (χ1v) is 6.31. The fraction of sp³-hybridized carbons (Fsp3) is 0.571. The molecule has 0 spiro atoms. The standard InChI is InChI=1S/C14H19F2NO/c1-9(12-7-11(15)5-6-13(12)16)17-14(8-18-2)10-3-4-10/h5-7,9-10,14,17H,3-4,8H2,1-2H3. The molecule has 2 nitrogen and oxygen atoms in total. The smallest absolute Gasteiger partial charge is 0.128 e. The largest absolute Gasteiger partial charge is 0.383 e. The van der Waals surface area contributed by atoms with Gasteiger partial charge in [0.15, 0.2) is 0 Å². The van der Waals surface area contributed by atoms with Gasteiger partial charge in [-0.05, 0) is 43.9 Å². The van der Waals surface area contributed by atoms with Crippen LogP contribution in [0.4, 0.5) is 8.78 Å². The lowest BCUT2D eigenvalue weighted by atomic mass is 10.1. The Morgan fingerprint density at radius 3 is 2.72 bits per heavy atom. The molecule has 1 saturated carbocycles. The maximum atomic E-state index is 13.6. The van der Waals surface area contributed by atoms with E-state index in [-0.39, 0.29) is 17.9 Å². The molecule has 0 aromatic heterocycles. The van der Waals surface area contributed by atoms with Crippen molar-refractivity contribution in [1.82, 2.24) is 5.32 Å². The van der Waals surface area contributed by atoms with E-state index in [4.69, 9.17) is 4.74 Å². The lowest BCUT2D eigenvalue weighted by Crippen LogP contribution is -2.37. The van der Waals surface area contributed by atoms with Crippen LogP contribution in [-0.4, -0.2) is 19.8 Å². The number of rotatable bonds is 6. The Kier molecular flexibility index (Phi) is 4.30. The molecule has 2 rings (SSSR count). The van der Waals surface area contributed by atoms with Crippen molar-refractivity contribution in [2.45, 2.75) is 31.8 Å². The normalized spacial score (nSPS) is 18.7. The van der Waals surface area contributed by atoms with E-state index in [0.29, 0.717) is 18.1 Å². The van der Waals surface area contributed by atoms with Gasteiger partial charge in [-0.2, -0.15) is 0 Å². The van der Waals surface area contributed by atoms with Gasteiger partial charge in [0.2, 0.25) is 0 Å². The summed E-state index contributed by atoms with van der Waals surface area (Å²) in [7, 11) is 1.66. The first kappa shape index (κ1) is 13.4. The number of benzene rings is 1. The van der Waals surface area contributed by atoms with Gasteiger partial charge >= 0.3 is 0 Å². The lowest BCUT2D eigenvalue weighted by Gasteiger charge is -2.23. The fourth-order valence-electron chi connectivity index (χ4n) is 2.26. The molecule has 0 bridgehead atoms. The van der Waals surface area contributed by atoms with Crippen LogP contribution in [0, 0.1) is 17.6 Å². The van der Waals surface area contributed by atoms with Crippen LogP contribution in [0.5, 0.6) is 0 Å². The van der Waals surface area contributed by atoms with Crippen molar-refractivity contribution >= 4 is 0 Å². The molecule has 2 atom stereocenters. The third-order valence-electron chi connectivity index (χ3n) is 3.43. The summed E-state index contributed by atoms with van der Waals surface area (Å²) < 4.78 is 31.9. The van der Waals surface area contributed by atoms with Crippen molar-refractivity contribution in [3.63, 3.8) is 0 Å². The second-order valence-corrected chi connectivity index (χ2v) is 4.95. The van der Waals surface area contributed by atoms with Gasteiger partial charge in [-0.3, -0.25) is 0 Å². The Bertz CT molecular complexity index is 407. The number of methoxy groups -OCH3 is 1. The topological polar surface area (TPSA) is 21.3 Å². The van der Waals surface area contributed by atoms with E-state index in [2.05, 4.69) is 5.32 Å². The number of nitrogens with one attached hydrogen (secondary N) is 1. The molecule has 1 aliphatic carbocycles. The number of hydrogen-bond donors (Lipinski definition) is 1. The minimum Gasteiger partial charge on any atom is -0.383 e. The van der Waals surface area contributed by atoms with E-state index >= 15 is 0 Å². The second kappa shape index (κ2) is 5.76. The highest BCUT2D eigenvalue weighted by Gasteiger charge is 2.32. The van der Waals surface area contributed by atoms with Crippen molar-refractivity contribution in [2.75, 3.05) is 13.7 Å². The van der Waals surface area contributed by atoms with Crippen LogP contribution in [-0.2, 0) is 4.74 Å². The molecular formula is C14H19F2NO. The van der Waals surface area contributed by atoms with Gasteiger partial charge < -0.3 is 10.1 Å². The maximum absolute atomic E-state index is 13.6. The van der Waals surface area contributed by atoms with E-state index in [1.165, 1.54) is 25.0 Å². The van der Waals surface area contributed by atoms with Crippen LogP contribution in [0.25, 0.3) is 0 Å². The zero-order valence-corrected chi connectivity index (χ0v) is 10.7. The Labute approximate surface area is 106 Å². The minimum atomic E-state index is -0.408. The van der Waals surface area contributed by atoms with Crippen LogP contribution in [0.3, 0.4) is 0 Å². The highest BCUT2D eigenvalue weighted by atomic mass is 19.1. The van der Waals surface area contributed by atoms with Crippen LogP contribution >= 0.6 is 0 Å². The summed E-state index contributed by atoms with van der Waals surface area (Å²) in [4.78, 5) is 0. The van der Waals surface area contributed by atoms with Gasteiger partial charge in [0.25, 0.3) is 0 Å². The van der Waals surface area contributed by atoms with Crippen LogP contribution < -0.4 is 5.32 Å². The zero-order chi connectivity index (χ0) is 13.1. The molecule has 0 radical (unpaired) electrons. The van der Waals surface area contributed by atoms with Gasteiger partial charge in [0, 0.05) is 24.8 Å². The van der Waals surface area contributed by atoms with Gasteiger partial charge in [0.1, 0.15) is 11.6 Å². The third kappa shape index (κ3) is 3.27. The molecule has 0 amide bonds. The average molecular weight is 255 g/mol. The van der Waals surface area contributed by atoms with Crippen molar-refractivity contribution in [2.24, 2.45) is 5.92 Å². The summed E-state index contributed by atoms with van der Waals surface area (Å²) in [5, 5.41) is 3.33. The first-order chi connectivity index (χ1) is 8.61. The summed E-state index contributed by atoms with van der Waals surface area (Å²) in [6.45, 7) is 2.45. The van der Waals surface area contributed by atoms with Gasteiger partial charge in [-0.15, -0.1) is 0 Å². The molecular weight excluding hydrogens is 236 g/mol. The summed E-state index contributed by atoms with van der Waals surface area (Å²) >= 11 is 0. The number of ether oxygens (including phenoxy) is 1. The van der Waals surface area contributed by atoms with Crippen molar-refractivity contribution in [1.29, 1.82) is 0 Å². The Morgan fingerprint density at radius 2 is 2.11 bits per heavy atom. The SMILES string of the molecule is COCC(NC(C)c1cc(F)ccc1F)C1CC1. The van der Waals surface area contributed by atoms with Crippen molar-refractivity contribution < 1.29 is 13.5 Å². The Hall–Kier alpha value is -1.00. The highest BCUT2D eigenvalue weighted by Crippen LogP contribution is 2.34. The van der Waals surface area contributed by atoms with E-state index < -0.39 is 5.82 Å². The predicted molar refractivity (Wildman–Crippen MR) is 66.3 cm³/mol. The molecule has 2 unspecified atom stereocenters. The van der Waals surface area contributed by atoms with E-state index in [0.717, 1.165) is 6.07 Å². The molecule has 1 aromatic carbocycles. The molecule has 100 valence electrons. The Morgan fingerprint density at radius 1 is 1.39 bits per heavy atom. The van der Waals surface area contributed by atoms with Gasteiger partial charge in [-0.25, -0.2) is 8.78 Å². The first-order valence-electron chi connectivity index (χ1n) is 6.31. The third-order valence-corrected chi connectivity index (χ3v) is 3.43. The second-order valence-electron chi connectivity index (χ2n) is 4.95. The van der Waals surface area contributed by atoms with Crippen LogP contribution in [0.15, 0.2) is 18.2 Å². The van der Waals surface area contributed by atoms with Crippen LogP contribution in [0.2, 0.25) is 0 Å². The van der Waals surface area contributed by atoms with Gasteiger partial charge in [-0.1, -0.05) is 0 Å². The zero-order valence-electron chi connectivity index (χ0n) is 10.7. The molecule has 1 fully saturated rings. The fourth-order valence-corrected chi connectivity index (χ4v) is 2.26. The van der Waals surface area contributed by atoms with E-state index in [9.17, 15) is 8.78 Å². The minimum absolute atomic E-state index is 0.215.